The van der Waals surface area contributed by atoms with Crippen molar-refractivity contribution in [3.05, 3.63) is 53.6 Å². The van der Waals surface area contributed by atoms with Crippen LogP contribution in [0.5, 0.6) is 17.2 Å². The fourth-order valence-electron chi connectivity index (χ4n) is 2.20. The Hall–Kier alpha value is -3.36. The van der Waals surface area contributed by atoms with Gasteiger partial charge in [0.25, 0.3) is 11.8 Å². The zero-order valence-electron chi connectivity index (χ0n) is 16.3. The maximum absolute atomic E-state index is 13.5. The van der Waals surface area contributed by atoms with Crippen molar-refractivity contribution in [3.8, 4) is 17.2 Å². The van der Waals surface area contributed by atoms with Gasteiger partial charge >= 0.3 is 0 Å². The van der Waals surface area contributed by atoms with Crippen LogP contribution in [0.4, 0.5) is 8.78 Å². The lowest BCUT2D eigenvalue weighted by molar-refractivity contribution is -0.130. The first kappa shape index (κ1) is 21.9. The predicted molar refractivity (Wildman–Crippen MR) is 101 cm³/mol. The molecule has 156 valence electrons. The van der Waals surface area contributed by atoms with Crippen LogP contribution >= 0.6 is 0 Å². The molecule has 1 N–H and O–H groups in total. The normalized spacial score (nSPS) is 10.2. The lowest BCUT2D eigenvalue weighted by Gasteiger charge is -2.14. The van der Waals surface area contributed by atoms with Gasteiger partial charge in [-0.1, -0.05) is 6.07 Å². The smallest absolute Gasteiger partial charge is 0.259 e. The lowest BCUT2D eigenvalue weighted by atomic mass is 10.2. The Kier molecular flexibility index (Phi) is 7.76. The molecule has 0 unspecified atom stereocenters. The Morgan fingerprint density at radius 1 is 0.966 bits per heavy atom. The van der Waals surface area contributed by atoms with E-state index in [9.17, 15) is 18.4 Å². The minimum Gasteiger partial charge on any atom is -0.493 e. The van der Waals surface area contributed by atoms with Crippen LogP contribution in [-0.4, -0.2) is 51.1 Å². The van der Waals surface area contributed by atoms with Gasteiger partial charge in [0.05, 0.1) is 7.11 Å². The van der Waals surface area contributed by atoms with Crippen LogP contribution in [0, 0.1) is 11.6 Å². The van der Waals surface area contributed by atoms with E-state index in [1.54, 1.807) is 32.3 Å². The van der Waals surface area contributed by atoms with Crippen LogP contribution in [0.25, 0.3) is 0 Å². The first-order valence-corrected chi connectivity index (χ1v) is 8.64. The maximum Gasteiger partial charge on any atom is 0.259 e. The summed E-state index contributed by atoms with van der Waals surface area (Å²) in [7, 11) is 4.72. The largest absolute Gasteiger partial charge is 0.493 e. The van der Waals surface area contributed by atoms with E-state index in [1.807, 2.05) is 0 Å². The van der Waals surface area contributed by atoms with Gasteiger partial charge in [-0.05, 0) is 29.8 Å². The number of rotatable bonds is 9. The van der Waals surface area contributed by atoms with Gasteiger partial charge in [-0.25, -0.2) is 8.78 Å². The number of ether oxygens (including phenoxy) is 3. The highest BCUT2D eigenvalue weighted by Gasteiger charge is 2.11. The number of amides is 2. The summed E-state index contributed by atoms with van der Waals surface area (Å²) in [6.45, 7) is -0.383. The Bertz CT molecular complexity index is 874. The molecule has 0 aliphatic carbocycles. The number of nitrogens with one attached hydrogen (secondary N) is 1. The number of halogens is 2. The molecule has 0 saturated carbocycles. The highest BCUT2D eigenvalue weighted by molar-refractivity contribution is 5.78. The van der Waals surface area contributed by atoms with Gasteiger partial charge in [-0.3, -0.25) is 9.59 Å². The van der Waals surface area contributed by atoms with Crippen LogP contribution in [0.15, 0.2) is 36.4 Å². The summed E-state index contributed by atoms with van der Waals surface area (Å²) in [4.78, 5) is 24.9. The van der Waals surface area contributed by atoms with Crippen LogP contribution in [0.2, 0.25) is 0 Å². The van der Waals surface area contributed by atoms with Gasteiger partial charge in [-0.2, -0.15) is 0 Å². The van der Waals surface area contributed by atoms with E-state index >= 15 is 0 Å². The minimum atomic E-state index is -0.883. The molecular weight excluding hydrogens is 386 g/mol. The second-order valence-corrected chi connectivity index (χ2v) is 6.20. The fourth-order valence-corrected chi connectivity index (χ4v) is 2.20. The third-order valence-electron chi connectivity index (χ3n) is 3.82. The second kappa shape index (κ2) is 10.3. The molecule has 0 bridgehead atoms. The zero-order valence-corrected chi connectivity index (χ0v) is 16.3. The average molecular weight is 408 g/mol. The molecular formula is C20H22F2N2O5. The predicted octanol–water partition coefficient (Wildman–Crippen LogP) is 2.14. The Morgan fingerprint density at radius 3 is 2.31 bits per heavy atom. The number of carbonyl (C=O) groups excluding carboxylic acids is 2. The Morgan fingerprint density at radius 2 is 1.66 bits per heavy atom. The molecule has 0 aliphatic rings. The van der Waals surface area contributed by atoms with Gasteiger partial charge in [0.15, 0.2) is 36.3 Å². The summed E-state index contributed by atoms with van der Waals surface area (Å²) in [6.07, 6.45) is 0. The van der Waals surface area contributed by atoms with Gasteiger partial charge in [0, 0.05) is 26.7 Å². The van der Waals surface area contributed by atoms with E-state index in [4.69, 9.17) is 14.2 Å². The third-order valence-corrected chi connectivity index (χ3v) is 3.82. The molecule has 2 aromatic rings. The van der Waals surface area contributed by atoms with Crippen molar-refractivity contribution in [3.63, 3.8) is 0 Å². The summed E-state index contributed by atoms with van der Waals surface area (Å²) in [5, 5.41) is 2.62. The molecule has 0 saturated heterocycles. The molecule has 0 heterocycles. The number of nitrogens with zero attached hydrogens (tertiary/aromatic N) is 1. The van der Waals surface area contributed by atoms with Crippen molar-refractivity contribution < 1.29 is 32.6 Å². The zero-order chi connectivity index (χ0) is 21.4. The summed E-state index contributed by atoms with van der Waals surface area (Å²) >= 11 is 0. The Balaban J connectivity index is 1.87. The van der Waals surface area contributed by atoms with E-state index in [1.165, 1.54) is 12.0 Å². The number of methoxy groups -OCH3 is 1. The lowest BCUT2D eigenvalue weighted by Crippen LogP contribution is -2.28. The highest BCUT2D eigenvalue weighted by atomic mass is 19.1. The molecule has 0 fully saturated rings. The van der Waals surface area contributed by atoms with Gasteiger partial charge < -0.3 is 24.4 Å². The van der Waals surface area contributed by atoms with Crippen molar-refractivity contribution >= 4 is 11.8 Å². The average Bonchev–Trinajstić information content (AvgIpc) is 2.69. The number of likely N-dealkylation sites (N-methyl/N-ethyl adjacent to an activating group) is 1. The summed E-state index contributed by atoms with van der Waals surface area (Å²) in [5.41, 5.74) is 0.717. The van der Waals surface area contributed by atoms with Gasteiger partial charge in [0.1, 0.15) is 5.82 Å². The third kappa shape index (κ3) is 6.63. The molecule has 0 spiro atoms. The van der Waals surface area contributed by atoms with Crippen LogP contribution < -0.4 is 19.5 Å². The summed E-state index contributed by atoms with van der Waals surface area (Å²) < 4.78 is 42.1. The molecule has 0 aliphatic heterocycles. The molecule has 7 nitrogen and oxygen atoms in total. The SMILES string of the molecule is COc1cc(CNC(=O)COc2ccc(F)cc2F)ccc1OCC(=O)N(C)C. The molecule has 0 aromatic heterocycles. The molecule has 29 heavy (non-hydrogen) atoms. The molecule has 2 aromatic carbocycles. The minimum absolute atomic E-state index is 0.128. The van der Waals surface area contributed by atoms with Crippen LogP contribution in [-0.2, 0) is 16.1 Å². The van der Waals surface area contributed by atoms with Crippen molar-refractivity contribution in [2.24, 2.45) is 0 Å². The van der Waals surface area contributed by atoms with E-state index < -0.39 is 24.1 Å². The van der Waals surface area contributed by atoms with E-state index in [2.05, 4.69) is 5.32 Å². The van der Waals surface area contributed by atoms with Crippen LogP contribution in [0.3, 0.4) is 0 Å². The summed E-state index contributed by atoms with van der Waals surface area (Å²) in [6, 6.07) is 7.83. The molecule has 0 atom stereocenters. The monoisotopic (exact) mass is 408 g/mol. The fraction of sp³-hybridized carbons (Fsp3) is 0.300. The molecule has 0 radical (unpaired) electrons. The molecule has 2 amide bonds. The van der Waals surface area contributed by atoms with Gasteiger partial charge in [0.2, 0.25) is 0 Å². The van der Waals surface area contributed by atoms with Crippen LogP contribution in [0.1, 0.15) is 5.56 Å². The number of benzene rings is 2. The first-order chi connectivity index (χ1) is 13.8. The van der Waals surface area contributed by atoms with Crippen molar-refractivity contribution in [2.75, 3.05) is 34.4 Å². The number of carbonyl (C=O) groups is 2. The number of hydrogen-bond donors (Lipinski definition) is 1. The standard InChI is InChI=1S/C20H22F2N2O5/c1-24(2)20(26)12-29-17-6-4-13(8-18(17)27-3)10-23-19(25)11-28-16-7-5-14(21)9-15(16)22/h4-9H,10-12H2,1-3H3,(H,23,25). The summed E-state index contributed by atoms with van der Waals surface area (Å²) in [5.74, 6) is -1.69. The van der Waals surface area contributed by atoms with E-state index in [0.717, 1.165) is 17.7 Å². The van der Waals surface area contributed by atoms with Crippen molar-refractivity contribution in [1.82, 2.24) is 10.2 Å². The first-order valence-electron chi connectivity index (χ1n) is 8.64. The van der Waals surface area contributed by atoms with Crippen molar-refractivity contribution in [1.29, 1.82) is 0 Å². The van der Waals surface area contributed by atoms with Gasteiger partial charge in [-0.15, -0.1) is 0 Å². The van der Waals surface area contributed by atoms with E-state index in [-0.39, 0.29) is 24.8 Å². The highest BCUT2D eigenvalue weighted by Crippen LogP contribution is 2.28. The topological polar surface area (TPSA) is 77.1 Å². The number of hydrogen-bond acceptors (Lipinski definition) is 5. The Labute approximate surface area is 167 Å². The van der Waals surface area contributed by atoms with E-state index in [0.29, 0.717) is 17.6 Å². The maximum atomic E-state index is 13.5. The quantitative estimate of drug-likeness (QED) is 0.688. The molecule has 9 heteroatoms. The second-order valence-electron chi connectivity index (χ2n) is 6.20. The molecule has 2 rings (SSSR count). The van der Waals surface area contributed by atoms with Crippen molar-refractivity contribution in [2.45, 2.75) is 6.54 Å².